The van der Waals surface area contributed by atoms with Gasteiger partial charge >= 0.3 is 0 Å². The third kappa shape index (κ3) is 3.18. The van der Waals surface area contributed by atoms with Crippen molar-refractivity contribution in [2.45, 2.75) is 38.1 Å². The van der Waals surface area contributed by atoms with Crippen LogP contribution in [0.4, 0.5) is 5.69 Å². The fraction of sp³-hybridized carbons (Fsp3) is 0.333. The van der Waals surface area contributed by atoms with E-state index in [9.17, 15) is 19.7 Å². The number of carbonyl (C=O) groups excluding carboxylic acids is 2. The molecule has 1 atom stereocenters. The van der Waals surface area contributed by atoms with Crippen molar-refractivity contribution in [1.29, 1.82) is 0 Å². The summed E-state index contributed by atoms with van der Waals surface area (Å²) in [4.78, 5) is 38.9. The molecule has 0 heterocycles. The van der Waals surface area contributed by atoms with E-state index in [0.29, 0.717) is 29.0 Å². The zero-order chi connectivity index (χ0) is 20.5. The normalized spacial score (nSPS) is 19.3. The number of nitro groups is 1. The maximum absolute atomic E-state index is 13.4. The molecule has 1 unspecified atom stereocenters. The average Bonchev–Trinajstić information content (AvgIpc) is 2.67. The highest BCUT2D eigenvalue weighted by Crippen LogP contribution is 2.43. The molecule has 1 saturated carbocycles. The summed E-state index contributed by atoms with van der Waals surface area (Å²) in [6.07, 6.45) is 2.26. The molecular weight excluding hydrogens is 380 g/mol. The van der Waals surface area contributed by atoms with Crippen LogP contribution in [0.15, 0.2) is 42.5 Å². The van der Waals surface area contributed by atoms with Gasteiger partial charge in [-0.25, -0.2) is 0 Å². The molecule has 7 heteroatoms. The van der Waals surface area contributed by atoms with E-state index in [2.05, 4.69) is 0 Å². The summed E-state index contributed by atoms with van der Waals surface area (Å²) < 4.78 is 0. The Morgan fingerprint density at radius 1 is 1.18 bits per heavy atom. The lowest BCUT2D eigenvalue weighted by Crippen LogP contribution is -2.54. The molecule has 0 N–H and O–H groups in total. The fourth-order valence-corrected chi connectivity index (χ4v) is 4.35. The van der Waals surface area contributed by atoms with Crippen LogP contribution in [-0.2, 0) is 10.3 Å². The topological polar surface area (TPSA) is 80.5 Å². The Kier molecular flexibility index (Phi) is 5.52. The summed E-state index contributed by atoms with van der Waals surface area (Å²) in [5, 5.41) is 12.0. The molecular formula is C21H21ClN2O4. The summed E-state index contributed by atoms with van der Waals surface area (Å²) in [5.74, 6) is -0.663. The van der Waals surface area contributed by atoms with Crippen LogP contribution >= 0.6 is 11.6 Å². The fourth-order valence-electron chi connectivity index (χ4n) is 4.06. The van der Waals surface area contributed by atoms with Gasteiger partial charge in [0.25, 0.3) is 11.6 Å². The number of para-hydroxylation sites is 1. The van der Waals surface area contributed by atoms with Crippen molar-refractivity contribution >= 4 is 29.0 Å². The molecule has 146 valence electrons. The number of nitro benzene ring substituents is 1. The Morgan fingerprint density at radius 3 is 2.54 bits per heavy atom. The first kappa shape index (κ1) is 20.0. The standard InChI is InChI=1S/C21H21ClN2O4/c1-14-8-7-9-15(19(14)24(27)28)20(26)23(2)21(13-6-5-12-18(21)25)16-10-3-4-11-17(16)22/h3-4,7-11H,5-6,12-13H2,1-2H3. The molecule has 1 fully saturated rings. The monoisotopic (exact) mass is 400 g/mol. The minimum absolute atomic E-state index is 0.0303. The van der Waals surface area contributed by atoms with E-state index >= 15 is 0 Å². The molecule has 0 radical (unpaired) electrons. The van der Waals surface area contributed by atoms with Crippen molar-refractivity contribution in [3.05, 3.63) is 74.3 Å². The number of rotatable bonds is 4. The van der Waals surface area contributed by atoms with E-state index < -0.39 is 16.4 Å². The predicted octanol–water partition coefficient (Wildman–Crippen LogP) is 4.67. The summed E-state index contributed by atoms with van der Waals surface area (Å²) in [6, 6.07) is 11.6. The Morgan fingerprint density at radius 2 is 1.89 bits per heavy atom. The molecule has 1 aliphatic carbocycles. The summed E-state index contributed by atoms with van der Waals surface area (Å²) in [5.41, 5.74) is -0.543. The Hall–Kier alpha value is -2.73. The van der Waals surface area contributed by atoms with E-state index in [1.54, 1.807) is 43.3 Å². The number of nitrogens with zero attached hydrogens (tertiary/aromatic N) is 2. The molecule has 3 rings (SSSR count). The van der Waals surface area contributed by atoms with Crippen LogP contribution in [-0.4, -0.2) is 28.6 Å². The minimum atomic E-state index is -1.23. The van der Waals surface area contributed by atoms with E-state index in [1.807, 2.05) is 0 Å². The van der Waals surface area contributed by atoms with Gasteiger partial charge in [-0.1, -0.05) is 41.9 Å². The number of benzene rings is 2. The van der Waals surface area contributed by atoms with Crippen LogP contribution < -0.4 is 0 Å². The van der Waals surface area contributed by atoms with Gasteiger partial charge in [-0.15, -0.1) is 0 Å². The van der Waals surface area contributed by atoms with Crippen molar-refractivity contribution in [3.8, 4) is 0 Å². The molecule has 0 spiro atoms. The first-order valence-electron chi connectivity index (χ1n) is 9.11. The minimum Gasteiger partial charge on any atom is -0.325 e. The Labute approximate surface area is 168 Å². The smallest absolute Gasteiger partial charge is 0.285 e. The van der Waals surface area contributed by atoms with Gasteiger partial charge in [-0.05, 0) is 38.3 Å². The molecule has 2 aromatic carbocycles. The number of hydrogen-bond acceptors (Lipinski definition) is 4. The second-order valence-corrected chi connectivity index (χ2v) is 7.47. The number of ketones is 1. The quantitative estimate of drug-likeness (QED) is 0.551. The van der Waals surface area contributed by atoms with Crippen molar-refractivity contribution in [2.75, 3.05) is 7.05 Å². The third-order valence-electron chi connectivity index (χ3n) is 5.50. The first-order chi connectivity index (χ1) is 13.3. The third-order valence-corrected chi connectivity index (χ3v) is 5.83. The number of amides is 1. The maximum atomic E-state index is 13.4. The number of hydrogen-bond donors (Lipinski definition) is 0. The summed E-state index contributed by atoms with van der Waals surface area (Å²) in [6.45, 7) is 1.59. The highest BCUT2D eigenvalue weighted by Gasteiger charge is 2.48. The Bertz CT molecular complexity index is 959. The number of carbonyl (C=O) groups is 2. The molecule has 0 aromatic heterocycles. The van der Waals surface area contributed by atoms with Gasteiger partial charge in [-0.3, -0.25) is 19.7 Å². The molecule has 1 amide bonds. The number of aryl methyl sites for hydroxylation is 1. The molecule has 0 aliphatic heterocycles. The van der Waals surface area contributed by atoms with Crippen LogP contribution in [0.5, 0.6) is 0 Å². The van der Waals surface area contributed by atoms with Gasteiger partial charge in [0.05, 0.1) is 4.92 Å². The molecule has 0 bridgehead atoms. The summed E-state index contributed by atoms with van der Waals surface area (Å²) >= 11 is 6.42. The van der Waals surface area contributed by atoms with Crippen LogP contribution in [0.1, 0.15) is 47.2 Å². The van der Waals surface area contributed by atoms with Gasteiger partial charge in [0, 0.05) is 29.6 Å². The lowest BCUT2D eigenvalue weighted by molar-refractivity contribution is -0.385. The van der Waals surface area contributed by atoms with Crippen LogP contribution in [0.3, 0.4) is 0 Å². The highest BCUT2D eigenvalue weighted by molar-refractivity contribution is 6.31. The average molecular weight is 401 g/mol. The Balaban J connectivity index is 2.17. The van der Waals surface area contributed by atoms with Gasteiger partial charge in [0.15, 0.2) is 5.78 Å². The lowest BCUT2D eigenvalue weighted by Gasteiger charge is -2.44. The van der Waals surface area contributed by atoms with E-state index in [-0.39, 0.29) is 17.0 Å². The van der Waals surface area contributed by atoms with Crippen molar-refractivity contribution in [3.63, 3.8) is 0 Å². The molecule has 28 heavy (non-hydrogen) atoms. The zero-order valence-corrected chi connectivity index (χ0v) is 16.5. The molecule has 0 saturated heterocycles. The maximum Gasteiger partial charge on any atom is 0.285 e. The highest BCUT2D eigenvalue weighted by atomic mass is 35.5. The number of likely N-dealkylation sites (N-methyl/N-ethyl adjacent to an activating group) is 1. The molecule has 2 aromatic rings. The predicted molar refractivity (Wildman–Crippen MR) is 107 cm³/mol. The van der Waals surface area contributed by atoms with Crippen LogP contribution in [0.25, 0.3) is 0 Å². The van der Waals surface area contributed by atoms with Crippen molar-refractivity contribution < 1.29 is 14.5 Å². The van der Waals surface area contributed by atoms with Gasteiger partial charge in [0.2, 0.25) is 0 Å². The molecule has 1 aliphatic rings. The zero-order valence-electron chi connectivity index (χ0n) is 15.8. The van der Waals surface area contributed by atoms with E-state index in [1.165, 1.54) is 18.0 Å². The lowest BCUT2D eigenvalue weighted by atomic mass is 9.74. The van der Waals surface area contributed by atoms with E-state index in [0.717, 1.165) is 12.8 Å². The van der Waals surface area contributed by atoms with Crippen molar-refractivity contribution in [2.24, 2.45) is 0 Å². The molecule has 6 nitrogen and oxygen atoms in total. The van der Waals surface area contributed by atoms with Crippen LogP contribution in [0, 0.1) is 17.0 Å². The summed E-state index contributed by atoms with van der Waals surface area (Å²) in [7, 11) is 1.53. The van der Waals surface area contributed by atoms with Gasteiger partial charge in [0.1, 0.15) is 11.1 Å². The number of halogens is 1. The second-order valence-electron chi connectivity index (χ2n) is 7.06. The van der Waals surface area contributed by atoms with E-state index in [4.69, 9.17) is 11.6 Å². The van der Waals surface area contributed by atoms with Gasteiger partial charge in [-0.2, -0.15) is 0 Å². The second kappa shape index (κ2) is 7.72. The first-order valence-corrected chi connectivity index (χ1v) is 9.49. The van der Waals surface area contributed by atoms with Gasteiger partial charge < -0.3 is 4.90 Å². The largest absolute Gasteiger partial charge is 0.325 e. The van der Waals surface area contributed by atoms with Crippen LogP contribution in [0.2, 0.25) is 5.02 Å². The number of Topliss-reactive ketones (excluding diaryl/α,β-unsaturated/α-hetero) is 1. The van der Waals surface area contributed by atoms with Crippen molar-refractivity contribution in [1.82, 2.24) is 4.90 Å². The SMILES string of the molecule is Cc1cccc(C(=O)N(C)C2(c3ccccc3Cl)CCCCC2=O)c1[N+](=O)[O-].